The summed E-state index contributed by atoms with van der Waals surface area (Å²) in [5.41, 5.74) is 1.52. The smallest absolute Gasteiger partial charge is 0.191 e. The van der Waals surface area contributed by atoms with E-state index in [1.807, 2.05) is 0 Å². The van der Waals surface area contributed by atoms with Crippen LogP contribution < -0.4 is 10.6 Å². The molecule has 0 radical (unpaired) electrons. The Hall–Kier alpha value is -1.14. The first-order chi connectivity index (χ1) is 12.6. The fourth-order valence-electron chi connectivity index (χ4n) is 5.28. The summed E-state index contributed by atoms with van der Waals surface area (Å²) in [6.07, 6.45) is 7.92. The van der Waals surface area contributed by atoms with Crippen LogP contribution in [0, 0.1) is 25.2 Å². The van der Waals surface area contributed by atoms with E-state index < -0.39 is 0 Å². The summed E-state index contributed by atoms with van der Waals surface area (Å²) in [6, 6.07) is 0.527. The Morgan fingerprint density at radius 3 is 2.85 bits per heavy atom. The van der Waals surface area contributed by atoms with Crippen LogP contribution in [0.2, 0.25) is 0 Å². The quantitative estimate of drug-likeness (QED) is 0.612. The molecule has 2 aliphatic carbocycles. The van der Waals surface area contributed by atoms with Crippen LogP contribution >= 0.6 is 11.3 Å². The molecule has 0 amide bonds. The third-order valence-corrected chi connectivity index (χ3v) is 7.72. The average Bonchev–Trinajstić information content (AvgIpc) is 3.33. The van der Waals surface area contributed by atoms with Crippen molar-refractivity contribution in [1.29, 1.82) is 0 Å². The standard InChI is InChI=1S/C20H32N4OS/c1-4-21-19(22-11-7-16-23-13(2)14(3)26-16)24-17-15-8-12-25-18(15)20(17)9-5-6-10-20/h15,17-18H,4-12H2,1-3H3,(H2,21,22,24). The van der Waals surface area contributed by atoms with Gasteiger partial charge in [0.25, 0.3) is 0 Å². The molecular formula is C20H32N4OS. The molecule has 3 atom stereocenters. The summed E-state index contributed by atoms with van der Waals surface area (Å²) < 4.78 is 6.11. The molecule has 2 saturated carbocycles. The van der Waals surface area contributed by atoms with Crippen LogP contribution in [0.1, 0.15) is 54.6 Å². The van der Waals surface area contributed by atoms with E-state index in [-0.39, 0.29) is 0 Å². The van der Waals surface area contributed by atoms with Crippen LogP contribution in [0.25, 0.3) is 0 Å². The fourth-order valence-corrected chi connectivity index (χ4v) is 6.20. The maximum absolute atomic E-state index is 6.11. The third-order valence-electron chi connectivity index (χ3n) is 6.59. The molecule has 2 heterocycles. The first kappa shape index (κ1) is 18.2. The van der Waals surface area contributed by atoms with Crippen LogP contribution in [0.5, 0.6) is 0 Å². The zero-order chi connectivity index (χ0) is 18.1. The molecule has 6 heteroatoms. The first-order valence-electron chi connectivity index (χ1n) is 10.2. The monoisotopic (exact) mass is 376 g/mol. The summed E-state index contributed by atoms with van der Waals surface area (Å²) in [6.45, 7) is 8.98. The van der Waals surface area contributed by atoms with Crippen LogP contribution in [0.4, 0.5) is 0 Å². The van der Waals surface area contributed by atoms with E-state index in [9.17, 15) is 0 Å². The average molecular weight is 377 g/mol. The van der Waals surface area contributed by atoms with Gasteiger partial charge in [0.05, 0.1) is 16.8 Å². The largest absolute Gasteiger partial charge is 0.377 e. The van der Waals surface area contributed by atoms with Crippen molar-refractivity contribution >= 4 is 17.3 Å². The molecule has 4 rings (SSSR count). The molecule has 1 aromatic heterocycles. The van der Waals surface area contributed by atoms with Crippen molar-refractivity contribution in [3.8, 4) is 0 Å². The molecule has 5 nitrogen and oxygen atoms in total. The van der Waals surface area contributed by atoms with E-state index in [0.717, 1.165) is 37.8 Å². The maximum atomic E-state index is 6.11. The number of aliphatic imine (C=N–C) groups is 1. The Morgan fingerprint density at radius 2 is 2.15 bits per heavy atom. The summed E-state index contributed by atoms with van der Waals surface area (Å²) in [7, 11) is 0. The van der Waals surface area contributed by atoms with Crippen LogP contribution in [0.15, 0.2) is 4.99 Å². The van der Waals surface area contributed by atoms with Crippen LogP contribution in [-0.2, 0) is 11.2 Å². The van der Waals surface area contributed by atoms with E-state index >= 15 is 0 Å². The minimum absolute atomic E-state index is 0.362. The lowest BCUT2D eigenvalue weighted by Gasteiger charge is -2.57. The number of hydrogen-bond acceptors (Lipinski definition) is 4. The summed E-state index contributed by atoms with van der Waals surface area (Å²) in [4.78, 5) is 10.8. The molecule has 3 fully saturated rings. The number of aryl methyl sites for hydroxylation is 2. The molecular weight excluding hydrogens is 344 g/mol. The topological polar surface area (TPSA) is 58.5 Å². The van der Waals surface area contributed by atoms with Gasteiger partial charge >= 0.3 is 0 Å². The lowest BCUT2D eigenvalue weighted by molar-refractivity contribution is -0.125. The van der Waals surface area contributed by atoms with Crippen molar-refractivity contribution < 1.29 is 4.74 Å². The number of hydrogen-bond donors (Lipinski definition) is 2. The minimum atomic E-state index is 0.362. The molecule has 0 bridgehead atoms. The highest BCUT2D eigenvalue weighted by molar-refractivity contribution is 7.11. The predicted octanol–water partition coefficient (Wildman–Crippen LogP) is 3.21. The zero-order valence-electron chi connectivity index (χ0n) is 16.3. The van der Waals surface area contributed by atoms with E-state index in [2.05, 4.69) is 36.4 Å². The number of nitrogens with one attached hydrogen (secondary N) is 2. The third kappa shape index (κ3) is 3.15. The van der Waals surface area contributed by atoms with Gasteiger partial charge in [0.2, 0.25) is 0 Å². The molecule has 3 aliphatic rings. The molecule has 1 spiro atoms. The molecule has 1 aliphatic heterocycles. The van der Waals surface area contributed by atoms with Crippen LogP contribution in [-0.4, -0.2) is 42.8 Å². The molecule has 1 saturated heterocycles. The Kier molecular flexibility index (Phi) is 5.24. The second-order valence-electron chi connectivity index (χ2n) is 8.07. The minimum Gasteiger partial charge on any atom is -0.377 e. The number of fused-ring (bicyclic) bond motifs is 2. The molecule has 144 valence electrons. The summed E-state index contributed by atoms with van der Waals surface area (Å²) in [5.74, 6) is 1.64. The highest BCUT2D eigenvalue weighted by Crippen LogP contribution is 2.60. The first-order valence-corrected chi connectivity index (χ1v) is 11.0. The summed E-state index contributed by atoms with van der Waals surface area (Å²) >= 11 is 1.80. The second-order valence-corrected chi connectivity index (χ2v) is 9.35. The normalized spacial score (nSPS) is 29.7. The van der Waals surface area contributed by atoms with E-state index in [4.69, 9.17) is 9.73 Å². The van der Waals surface area contributed by atoms with E-state index in [0.29, 0.717) is 23.5 Å². The molecule has 2 N–H and O–H groups in total. The van der Waals surface area contributed by atoms with Gasteiger partial charge in [-0.25, -0.2) is 4.98 Å². The van der Waals surface area contributed by atoms with Gasteiger partial charge in [-0.15, -0.1) is 11.3 Å². The van der Waals surface area contributed by atoms with Crippen LogP contribution in [0.3, 0.4) is 0 Å². The number of ether oxygens (including phenoxy) is 1. The van der Waals surface area contributed by atoms with Crippen molar-refractivity contribution in [2.45, 2.75) is 71.4 Å². The van der Waals surface area contributed by atoms with Gasteiger partial charge in [0, 0.05) is 48.4 Å². The number of nitrogens with zero attached hydrogens (tertiary/aromatic N) is 2. The van der Waals surface area contributed by atoms with Gasteiger partial charge in [-0.2, -0.15) is 0 Å². The van der Waals surface area contributed by atoms with Gasteiger partial charge in [0.15, 0.2) is 5.96 Å². The van der Waals surface area contributed by atoms with Crippen molar-refractivity contribution in [2.75, 3.05) is 19.7 Å². The van der Waals surface area contributed by atoms with Crippen molar-refractivity contribution in [1.82, 2.24) is 15.6 Å². The number of guanidine groups is 1. The lowest BCUT2D eigenvalue weighted by atomic mass is 9.54. The predicted molar refractivity (Wildman–Crippen MR) is 107 cm³/mol. The number of aromatic nitrogens is 1. The Labute approximate surface area is 161 Å². The highest BCUT2D eigenvalue weighted by Gasteiger charge is 2.65. The van der Waals surface area contributed by atoms with Crippen molar-refractivity contribution in [3.63, 3.8) is 0 Å². The summed E-state index contributed by atoms with van der Waals surface area (Å²) in [5, 5.41) is 8.45. The number of rotatable bonds is 5. The maximum Gasteiger partial charge on any atom is 0.191 e. The second kappa shape index (κ2) is 7.47. The lowest BCUT2D eigenvalue weighted by Crippen LogP contribution is -2.69. The zero-order valence-corrected chi connectivity index (χ0v) is 17.1. The van der Waals surface area contributed by atoms with Gasteiger partial charge in [-0.1, -0.05) is 12.8 Å². The van der Waals surface area contributed by atoms with Gasteiger partial charge in [-0.05, 0) is 40.0 Å². The Morgan fingerprint density at radius 1 is 1.35 bits per heavy atom. The van der Waals surface area contributed by atoms with Gasteiger partial charge in [-0.3, -0.25) is 4.99 Å². The molecule has 0 aromatic carbocycles. The molecule has 1 aromatic rings. The van der Waals surface area contributed by atoms with Gasteiger partial charge < -0.3 is 15.4 Å². The van der Waals surface area contributed by atoms with Gasteiger partial charge in [0.1, 0.15) is 0 Å². The molecule has 26 heavy (non-hydrogen) atoms. The fraction of sp³-hybridized carbons (Fsp3) is 0.800. The Balaban J connectivity index is 1.41. The van der Waals surface area contributed by atoms with Crippen molar-refractivity contribution in [3.05, 3.63) is 15.6 Å². The van der Waals surface area contributed by atoms with E-state index in [1.165, 1.54) is 42.0 Å². The Bertz CT molecular complexity index is 645. The van der Waals surface area contributed by atoms with Crippen molar-refractivity contribution in [2.24, 2.45) is 16.3 Å². The highest BCUT2D eigenvalue weighted by atomic mass is 32.1. The molecule has 3 unspecified atom stereocenters. The number of thiazole rings is 1. The SMILES string of the molecule is CCNC(=NCCc1nc(C)c(C)s1)NC1C2CCOC2C12CCCC2. The van der Waals surface area contributed by atoms with E-state index in [1.54, 1.807) is 11.3 Å².